The number of benzene rings is 1. The van der Waals surface area contributed by atoms with Crippen molar-refractivity contribution in [2.75, 3.05) is 24.0 Å². The molecule has 144 valence electrons. The Balaban J connectivity index is 2.29. The molecule has 0 unspecified atom stereocenters. The quantitative estimate of drug-likeness (QED) is 0.777. The van der Waals surface area contributed by atoms with Crippen molar-refractivity contribution in [1.82, 2.24) is 9.13 Å². The van der Waals surface area contributed by atoms with E-state index < -0.39 is 40.5 Å². The van der Waals surface area contributed by atoms with E-state index in [4.69, 9.17) is 4.84 Å². The Kier molecular flexibility index (Phi) is 4.30. The minimum absolute atomic E-state index is 0.000925. The van der Waals surface area contributed by atoms with E-state index >= 15 is 0 Å². The summed E-state index contributed by atoms with van der Waals surface area (Å²) in [5, 5.41) is 3.45. The van der Waals surface area contributed by atoms with Crippen molar-refractivity contribution in [2.24, 2.45) is 7.05 Å². The number of nitrogens with one attached hydrogen (secondary N) is 1. The fourth-order valence-electron chi connectivity index (χ4n) is 2.73. The van der Waals surface area contributed by atoms with E-state index in [2.05, 4.69) is 5.32 Å². The molecule has 0 saturated heterocycles. The minimum atomic E-state index is -4.94. The molecule has 0 bridgehead atoms. The summed E-state index contributed by atoms with van der Waals surface area (Å²) in [5.74, 6) is -1.58. The van der Waals surface area contributed by atoms with E-state index in [0.717, 1.165) is 24.2 Å². The van der Waals surface area contributed by atoms with E-state index in [1.165, 1.54) is 7.11 Å². The molecule has 0 radical (unpaired) electrons. The van der Waals surface area contributed by atoms with Gasteiger partial charge in [-0.25, -0.2) is 13.8 Å². The van der Waals surface area contributed by atoms with Crippen LogP contribution in [0.4, 0.5) is 28.9 Å². The van der Waals surface area contributed by atoms with Crippen molar-refractivity contribution in [1.29, 1.82) is 0 Å². The molecule has 0 fully saturated rings. The zero-order valence-corrected chi connectivity index (χ0v) is 13.9. The number of amides is 1. The SMILES string of the molecule is CON1C(=O)CNc2cc(F)c(-n3c(=O)cc(C(F)(F)F)n(C)c3=O)cc21. The number of carbonyl (C=O) groups is 1. The molecule has 0 spiro atoms. The number of rotatable bonds is 2. The van der Waals surface area contributed by atoms with Crippen LogP contribution in [-0.4, -0.2) is 28.7 Å². The van der Waals surface area contributed by atoms with Gasteiger partial charge >= 0.3 is 11.9 Å². The van der Waals surface area contributed by atoms with Crippen LogP contribution in [0.1, 0.15) is 5.69 Å². The second kappa shape index (κ2) is 6.23. The number of alkyl halides is 3. The maximum Gasteiger partial charge on any atom is 0.431 e. The summed E-state index contributed by atoms with van der Waals surface area (Å²) < 4.78 is 53.8. The minimum Gasteiger partial charge on any atom is -0.374 e. The summed E-state index contributed by atoms with van der Waals surface area (Å²) in [6.45, 7) is -0.179. The number of hydrogen-bond donors (Lipinski definition) is 1. The van der Waals surface area contributed by atoms with Crippen LogP contribution >= 0.6 is 0 Å². The zero-order valence-electron chi connectivity index (χ0n) is 13.9. The first-order chi connectivity index (χ1) is 12.6. The molecule has 1 aromatic carbocycles. The Morgan fingerprint density at radius 2 is 1.78 bits per heavy atom. The van der Waals surface area contributed by atoms with Crippen LogP contribution in [0.5, 0.6) is 0 Å². The van der Waals surface area contributed by atoms with Crippen molar-refractivity contribution >= 4 is 17.3 Å². The number of hydrogen-bond acceptors (Lipinski definition) is 5. The molecule has 1 amide bonds. The highest BCUT2D eigenvalue weighted by Gasteiger charge is 2.35. The molecule has 2 aromatic rings. The number of hydroxylamine groups is 1. The highest BCUT2D eigenvalue weighted by Crippen LogP contribution is 2.33. The lowest BCUT2D eigenvalue weighted by molar-refractivity contribution is -0.144. The molecular formula is C15H12F4N4O4. The van der Waals surface area contributed by atoms with Crippen LogP contribution in [0, 0.1) is 5.82 Å². The summed E-state index contributed by atoms with van der Waals surface area (Å²) >= 11 is 0. The lowest BCUT2D eigenvalue weighted by Crippen LogP contribution is -2.42. The normalized spacial score (nSPS) is 14.1. The predicted molar refractivity (Wildman–Crippen MR) is 85.2 cm³/mol. The van der Waals surface area contributed by atoms with Crippen molar-refractivity contribution in [3.63, 3.8) is 0 Å². The number of fused-ring (bicyclic) bond motifs is 1. The highest BCUT2D eigenvalue weighted by atomic mass is 19.4. The second-order valence-corrected chi connectivity index (χ2v) is 5.59. The van der Waals surface area contributed by atoms with E-state index in [9.17, 15) is 31.9 Å². The van der Waals surface area contributed by atoms with Crippen LogP contribution < -0.4 is 21.6 Å². The van der Waals surface area contributed by atoms with E-state index in [-0.39, 0.29) is 33.1 Å². The fourth-order valence-corrected chi connectivity index (χ4v) is 2.73. The van der Waals surface area contributed by atoms with E-state index in [1.54, 1.807) is 0 Å². The number of nitrogens with zero attached hydrogens (tertiary/aromatic N) is 3. The summed E-state index contributed by atoms with van der Waals surface area (Å²) in [7, 11) is 1.99. The van der Waals surface area contributed by atoms with Crippen LogP contribution in [0.25, 0.3) is 5.69 Å². The molecule has 1 N–H and O–H groups in total. The monoisotopic (exact) mass is 388 g/mol. The van der Waals surface area contributed by atoms with Crippen molar-refractivity contribution in [2.45, 2.75) is 6.18 Å². The average Bonchev–Trinajstić information content (AvgIpc) is 2.58. The molecule has 1 aliphatic rings. The standard InChI is InChI=1S/C15H12F4N4O4/c1-21-11(15(17,18)19)5-12(24)22(14(21)26)9-4-10-8(3-7(9)16)20-6-13(25)23(10)27-2/h3-5,20H,6H2,1-2H3. The predicted octanol–water partition coefficient (Wildman–Crippen LogP) is 1.01. The number of halogens is 4. The van der Waals surface area contributed by atoms with Crippen molar-refractivity contribution in [3.8, 4) is 5.69 Å². The van der Waals surface area contributed by atoms with Gasteiger partial charge in [0.2, 0.25) is 0 Å². The molecule has 0 saturated carbocycles. The Labute approximate surface area is 148 Å². The van der Waals surface area contributed by atoms with Gasteiger partial charge in [0.15, 0.2) is 0 Å². The number of carbonyl (C=O) groups excluding carboxylic acids is 1. The van der Waals surface area contributed by atoms with Crippen LogP contribution in [0.2, 0.25) is 0 Å². The molecular weight excluding hydrogens is 376 g/mol. The Morgan fingerprint density at radius 3 is 2.37 bits per heavy atom. The van der Waals surface area contributed by atoms with E-state index in [1.807, 2.05) is 0 Å². The number of aromatic nitrogens is 2. The van der Waals surface area contributed by atoms with Crippen molar-refractivity contribution < 1.29 is 27.2 Å². The van der Waals surface area contributed by atoms with Crippen LogP contribution in [0.15, 0.2) is 27.8 Å². The zero-order chi connectivity index (χ0) is 20.1. The Hall–Kier alpha value is -3.15. The summed E-state index contributed by atoms with van der Waals surface area (Å²) in [5.41, 5.74) is -4.71. The highest BCUT2D eigenvalue weighted by molar-refractivity contribution is 6.01. The molecule has 3 rings (SSSR count). The molecule has 0 atom stereocenters. The van der Waals surface area contributed by atoms with Gasteiger partial charge in [-0.05, 0) is 6.07 Å². The van der Waals surface area contributed by atoms with Crippen LogP contribution in [0.3, 0.4) is 0 Å². The number of anilines is 2. The van der Waals surface area contributed by atoms with E-state index in [0.29, 0.717) is 0 Å². The lowest BCUT2D eigenvalue weighted by Gasteiger charge is -2.28. The van der Waals surface area contributed by atoms with Gasteiger partial charge in [-0.3, -0.25) is 19.0 Å². The average molecular weight is 388 g/mol. The summed E-state index contributed by atoms with van der Waals surface area (Å²) in [4.78, 5) is 41.2. The maximum absolute atomic E-state index is 14.5. The first kappa shape index (κ1) is 18.6. The Bertz CT molecular complexity index is 1060. The first-order valence-corrected chi connectivity index (χ1v) is 7.41. The Morgan fingerprint density at radius 1 is 1.11 bits per heavy atom. The molecule has 8 nitrogen and oxygen atoms in total. The van der Waals surface area contributed by atoms with Gasteiger partial charge in [0.05, 0.1) is 30.7 Å². The van der Waals surface area contributed by atoms with Gasteiger partial charge in [-0.1, -0.05) is 0 Å². The third-order valence-electron chi connectivity index (χ3n) is 3.97. The van der Waals surface area contributed by atoms with Gasteiger partial charge in [0, 0.05) is 19.2 Å². The molecule has 12 heteroatoms. The lowest BCUT2D eigenvalue weighted by atomic mass is 10.2. The van der Waals surface area contributed by atoms with Gasteiger partial charge in [0.1, 0.15) is 11.5 Å². The molecule has 2 heterocycles. The smallest absolute Gasteiger partial charge is 0.374 e. The fraction of sp³-hybridized carbons (Fsp3) is 0.267. The van der Waals surface area contributed by atoms with Gasteiger partial charge in [0.25, 0.3) is 11.5 Å². The first-order valence-electron chi connectivity index (χ1n) is 7.41. The summed E-state index contributed by atoms with van der Waals surface area (Å²) in [6.07, 6.45) is -4.94. The topological polar surface area (TPSA) is 85.6 Å². The molecule has 27 heavy (non-hydrogen) atoms. The second-order valence-electron chi connectivity index (χ2n) is 5.59. The molecule has 1 aromatic heterocycles. The van der Waals surface area contributed by atoms with Crippen LogP contribution in [-0.2, 0) is 22.9 Å². The largest absolute Gasteiger partial charge is 0.431 e. The van der Waals surface area contributed by atoms with Crippen molar-refractivity contribution in [3.05, 3.63) is 50.5 Å². The molecule has 0 aliphatic carbocycles. The third-order valence-corrected chi connectivity index (χ3v) is 3.97. The van der Waals surface area contributed by atoms with Gasteiger partial charge in [-0.15, -0.1) is 0 Å². The third kappa shape index (κ3) is 2.97. The van der Waals surface area contributed by atoms with Gasteiger partial charge < -0.3 is 5.32 Å². The maximum atomic E-state index is 14.5. The van der Waals surface area contributed by atoms with Gasteiger partial charge in [-0.2, -0.15) is 18.2 Å². The molecule has 1 aliphatic heterocycles. The summed E-state index contributed by atoms with van der Waals surface area (Å²) in [6, 6.07) is 2.07.